The number of nitriles is 1. The third-order valence-electron chi connectivity index (χ3n) is 4.17. The van der Waals surface area contributed by atoms with Gasteiger partial charge in [0.15, 0.2) is 11.5 Å². The molecule has 0 aliphatic rings. The van der Waals surface area contributed by atoms with Gasteiger partial charge in [-0.3, -0.25) is 0 Å². The van der Waals surface area contributed by atoms with E-state index in [1.54, 1.807) is 36.4 Å². The lowest BCUT2D eigenvalue weighted by Gasteiger charge is -2.13. The summed E-state index contributed by atoms with van der Waals surface area (Å²) in [5.74, 6) is 0.750. The van der Waals surface area contributed by atoms with Crippen LogP contribution >= 0.6 is 15.9 Å². The van der Waals surface area contributed by atoms with E-state index in [4.69, 9.17) is 9.47 Å². The molecule has 0 aliphatic heterocycles. The Morgan fingerprint density at radius 2 is 1.79 bits per heavy atom. The molecule has 0 atom stereocenters. The standard InChI is InChI=1S/C24H19BrFNO2/c1-2-28-24-14-18(13-19(15-27)21-5-3-4-6-22(21)26)9-12-23(24)29-16-17-7-10-20(25)11-8-17/h3-14H,2,16H2,1H3/b19-13-. The van der Waals surface area contributed by atoms with E-state index in [9.17, 15) is 9.65 Å². The van der Waals surface area contributed by atoms with Gasteiger partial charge in [-0.1, -0.05) is 52.3 Å². The first-order valence-electron chi connectivity index (χ1n) is 9.11. The average molecular weight is 452 g/mol. The maximum Gasteiger partial charge on any atom is 0.161 e. The van der Waals surface area contributed by atoms with Gasteiger partial charge in [0, 0.05) is 10.0 Å². The van der Waals surface area contributed by atoms with Crippen LogP contribution in [0, 0.1) is 17.1 Å². The Hall–Kier alpha value is -3.10. The summed E-state index contributed by atoms with van der Waals surface area (Å²) in [5, 5.41) is 9.48. The van der Waals surface area contributed by atoms with Crippen LogP contribution < -0.4 is 9.47 Å². The van der Waals surface area contributed by atoms with E-state index in [0.29, 0.717) is 24.7 Å². The second-order valence-corrected chi connectivity index (χ2v) is 7.12. The minimum absolute atomic E-state index is 0.245. The Labute approximate surface area is 178 Å². The quantitative estimate of drug-likeness (QED) is 0.299. The molecule has 146 valence electrons. The van der Waals surface area contributed by atoms with Crippen LogP contribution in [-0.2, 0) is 6.61 Å². The van der Waals surface area contributed by atoms with E-state index < -0.39 is 5.82 Å². The van der Waals surface area contributed by atoms with Gasteiger partial charge in [-0.2, -0.15) is 5.26 Å². The monoisotopic (exact) mass is 451 g/mol. The predicted octanol–water partition coefficient (Wildman–Crippen LogP) is 6.63. The normalized spacial score (nSPS) is 11.0. The molecule has 0 aromatic heterocycles. The molecule has 0 saturated heterocycles. The zero-order valence-electron chi connectivity index (χ0n) is 15.9. The highest BCUT2D eigenvalue weighted by molar-refractivity contribution is 9.10. The summed E-state index contributed by atoms with van der Waals surface area (Å²) in [6, 6.07) is 21.6. The lowest BCUT2D eigenvalue weighted by atomic mass is 10.0. The second kappa shape index (κ2) is 9.90. The maximum atomic E-state index is 14.0. The average Bonchev–Trinajstić information content (AvgIpc) is 2.73. The van der Waals surface area contributed by atoms with E-state index in [-0.39, 0.29) is 11.1 Å². The minimum Gasteiger partial charge on any atom is -0.490 e. The molecule has 0 bridgehead atoms. The van der Waals surface area contributed by atoms with Crippen molar-refractivity contribution in [3.63, 3.8) is 0 Å². The van der Waals surface area contributed by atoms with Gasteiger partial charge in [-0.05, 0) is 54.5 Å². The molecule has 0 radical (unpaired) electrons. The van der Waals surface area contributed by atoms with E-state index in [1.807, 2.05) is 37.3 Å². The maximum absolute atomic E-state index is 14.0. The number of hydrogen-bond acceptors (Lipinski definition) is 3. The third kappa shape index (κ3) is 5.46. The van der Waals surface area contributed by atoms with Crippen LogP contribution in [0.25, 0.3) is 11.6 Å². The Morgan fingerprint density at radius 3 is 2.48 bits per heavy atom. The van der Waals surface area contributed by atoms with Crippen LogP contribution in [0.2, 0.25) is 0 Å². The number of benzene rings is 3. The van der Waals surface area contributed by atoms with Crippen LogP contribution in [0.15, 0.2) is 71.2 Å². The van der Waals surface area contributed by atoms with Crippen molar-refractivity contribution in [3.05, 3.63) is 93.7 Å². The van der Waals surface area contributed by atoms with E-state index in [0.717, 1.165) is 15.6 Å². The topological polar surface area (TPSA) is 42.2 Å². The van der Waals surface area contributed by atoms with Crippen molar-refractivity contribution in [2.45, 2.75) is 13.5 Å². The van der Waals surface area contributed by atoms with Gasteiger partial charge in [-0.25, -0.2) is 4.39 Å². The highest BCUT2D eigenvalue weighted by Gasteiger charge is 2.10. The summed E-state index contributed by atoms with van der Waals surface area (Å²) in [6.07, 6.45) is 1.64. The smallest absolute Gasteiger partial charge is 0.161 e. The van der Waals surface area contributed by atoms with Gasteiger partial charge >= 0.3 is 0 Å². The van der Waals surface area contributed by atoms with Crippen LogP contribution in [0.3, 0.4) is 0 Å². The first kappa shape index (κ1) is 20.6. The van der Waals surface area contributed by atoms with E-state index in [2.05, 4.69) is 22.0 Å². The van der Waals surface area contributed by atoms with Crippen molar-refractivity contribution >= 4 is 27.6 Å². The van der Waals surface area contributed by atoms with E-state index in [1.165, 1.54) is 6.07 Å². The van der Waals surface area contributed by atoms with Crippen LogP contribution in [-0.4, -0.2) is 6.61 Å². The van der Waals surface area contributed by atoms with Gasteiger partial charge in [0.1, 0.15) is 12.4 Å². The summed E-state index contributed by atoms with van der Waals surface area (Å²) >= 11 is 3.42. The Bertz CT molecular complexity index is 1060. The molecule has 3 aromatic rings. The molecule has 3 aromatic carbocycles. The number of ether oxygens (including phenoxy) is 2. The molecular formula is C24H19BrFNO2. The number of rotatable bonds is 7. The lowest BCUT2D eigenvalue weighted by Crippen LogP contribution is -2.00. The summed E-state index contributed by atoms with van der Waals surface area (Å²) in [5.41, 5.74) is 2.27. The van der Waals surface area contributed by atoms with Gasteiger partial charge in [0.2, 0.25) is 0 Å². The Morgan fingerprint density at radius 1 is 1.03 bits per heavy atom. The largest absolute Gasteiger partial charge is 0.490 e. The number of hydrogen-bond donors (Lipinski definition) is 0. The molecule has 0 fully saturated rings. The van der Waals surface area contributed by atoms with Crippen molar-refractivity contribution in [1.29, 1.82) is 5.26 Å². The molecule has 3 nitrogen and oxygen atoms in total. The lowest BCUT2D eigenvalue weighted by molar-refractivity contribution is 0.269. The molecule has 3 rings (SSSR count). The van der Waals surface area contributed by atoms with E-state index >= 15 is 0 Å². The SMILES string of the molecule is CCOc1cc(/C=C(/C#N)c2ccccc2F)ccc1OCc1ccc(Br)cc1. The molecule has 0 amide bonds. The molecule has 5 heteroatoms. The van der Waals surface area contributed by atoms with Crippen molar-refractivity contribution in [1.82, 2.24) is 0 Å². The summed E-state index contributed by atoms with van der Waals surface area (Å²) in [6.45, 7) is 2.77. The van der Waals surface area contributed by atoms with Crippen molar-refractivity contribution < 1.29 is 13.9 Å². The highest BCUT2D eigenvalue weighted by Crippen LogP contribution is 2.31. The van der Waals surface area contributed by atoms with Gasteiger partial charge in [-0.15, -0.1) is 0 Å². The summed E-state index contributed by atoms with van der Waals surface area (Å²) < 4.78 is 26.7. The van der Waals surface area contributed by atoms with Gasteiger partial charge in [0.25, 0.3) is 0 Å². The first-order valence-corrected chi connectivity index (χ1v) is 9.90. The number of allylic oxidation sites excluding steroid dienone is 1. The fraction of sp³-hybridized carbons (Fsp3) is 0.125. The second-order valence-electron chi connectivity index (χ2n) is 6.20. The van der Waals surface area contributed by atoms with Crippen molar-refractivity contribution in [2.24, 2.45) is 0 Å². The van der Waals surface area contributed by atoms with Crippen LogP contribution in [0.5, 0.6) is 11.5 Å². The molecule has 0 aliphatic carbocycles. The summed E-state index contributed by atoms with van der Waals surface area (Å²) in [4.78, 5) is 0. The molecule has 0 saturated carbocycles. The minimum atomic E-state index is -0.431. The highest BCUT2D eigenvalue weighted by atomic mass is 79.9. The predicted molar refractivity (Wildman–Crippen MR) is 116 cm³/mol. The Balaban J connectivity index is 1.86. The first-order chi connectivity index (χ1) is 14.1. The number of halogens is 2. The number of nitrogens with zero attached hydrogens (tertiary/aromatic N) is 1. The molecule has 0 N–H and O–H groups in total. The zero-order chi connectivity index (χ0) is 20.6. The van der Waals surface area contributed by atoms with Crippen LogP contribution in [0.4, 0.5) is 4.39 Å². The fourth-order valence-corrected chi connectivity index (χ4v) is 3.02. The fourth-order valence-electron chi connectivity index (χ4n) is 2.76. The third-order valence-corrected chi connectivity index (χ3v) is 4.70. The molecule has 0 heterocycles. The molecule has 29 heavy (non-hydrogen) atoms. The van der Waals surface area contributed by atoms with Crippen LogP contribution in [0.1, 0.15) is 23.6 Å². The molecular weight excluding hydrogens is 433 g/mol. The summed E-state index contributed by atoms with van der Waals surface area (Å²) in [7, 11) is 0. The zero-order valence-corrected chi connectivity index (χ0v) is 17.4. The molecule has 0 unspecified atom stereocenters. The molecule has 0 spiro atoms. The van der Waals surface area contributed by atoms with Gasteiger partial charge in [0.05, 0.1) is 18.2 Å². The van der Waals surface area contributed by atoms with Gasteiger partial charge < -0.3 is 9.47 Å². The van der Waals surface area contributed by atoms with Crippen molar-refractivity contribution in [3.8, 4) is 17.6 Å². The van der Waals surface area contributed by atoms with Crippen molar-refractivity contribution in [2.75, 3.05) is 6.61 Å². The Kier molecular flexibility index (Phi) is 7.04.